The minimum Gasteiger partial charge on any atom is -0.496 e. The average Bonchev–Trinajstić information content (AvgIpc) is 2.61. The highest BCUT2D eigenvalue weighted by Gasteiger charge is 2.07. The highest BCUT2D eigenvalue weighted by molar-refractivity contribution is 7.99. The fraction of sp³-hybridized carbons (Fsp3) is 0.611. The zero-order valence-electron chi connectivity index (χ0n) is 15.3. The zero-order chi connectivity index (χ0) is 17.6. The molecule has 0 radical (unpaired) electrons. The number of nitrogens with zero attached hydrogens (tertiary/aromatic N) is 1. The fourth-order valence-corrected chi connectivity index (χ4v) is 3.04. The molecule has 0 spiro atoms. The Hall–Kier alpha value is -1.40. The molecule has 136 valence electrons. The standard InChI is InChI=1S/C18H31N3O2S/c1-5-19-18(20-11-12-23-6-2)21-13-15(3)14-24-17-10-8-7-9-16(17)22-4/h7-10,15H,5-6,11-14H2,1-4H3,(H2,19,20,21). The molecule has 0 heterocycles. The molecule has 1 aromatic rings. The zero-order valence-corrected chi connectivity index (χ0v) is 16.1. The summed E-state index contributed by atoms with van der Waals surface area (Å²) >= 11 is 1.81. The lowest BCUT2D eigenvalue weighted by atomic mass is 10.2. The first-order valence-corrected chi connectivity index (χ1v) is 9.55. The number of methoxy groups -OCH3 is 1. The molecular formula is C18H31N3O2S. The van der Waals surface area contributed by atoms with Crippen LogP contribution >= 0.6 is 11.8 Å². The molecule has 2 N–H and O–H groups in total. The third-order valence-electron chi connectivity index (χ3n) is 3.24. The maximum Gasteiger partial charge on any atom is 0.191 e. The van der Waals surface area contributed by atoms with Gasteiger partial charge in [0.05, 0.1) is 13.7 Å². The van der Waals surface area contributed by atoms with Crippen LogP contribution in [0.15, 0.2) is 34.2 Å². The quantitative estimate of drug-likeness (QED) is 0.277. The van der Waals surface area contributed by atoms with E-state index in [1.54, 1.807) is 7.11 Å². The Morgan fingerprint density at radius 1 is 1.25 bits per heavy atom. The van der Waals surface area contributed by atoms with Crippen LogP contribution in [0.4, 0.5) is 0 Å². The first-order valence-electron chi connectivity index (χ1n) is 8.56. The summed E-state index contributed by atoms with van der Waals surface area (Å²) in [5, 5.41) is 6.55. The molecule has 24 heavy (non-hydrogen) atoms. The predicted molar refractivity (Wildman–Crippen MR) is 103 cm³/mol. The number of hydrogen-bond acceptors (Lipinski definition) is 4. The van der Waals surface area contributed by atoms with Crippen LogP contribution in [0.3, 0.4) is 0 Å². The smallest absolute Gasteiger partial charge is 0.191 e. The predicted octanol–water partition coefficient (Wildman–Crippen LogP) is 3.02. The van der Waals surface area contributed by atoms with Crippen molar-refractivity contribution >= 4 is 17.7 Å². The van der Waals surface area contributed by atoms with E-state index >= 15 is 0 Å². The van der Waals surface area contributed by atoms with Gasteiger partial charge in [0.15, 0.2) is 5.96 Å². The van der Waals surface area contributed by atoms with Crippen molar-refractivity contribution in [3.8, 4) is 5.75 Å². The molecule has 0 aromatic heterocycles. The number of rotatable bonds is 11. The molecule has 0 saturated heterocycles. The molecule has 5 nitrogen and oxygen atoms in total. The molecule has 0 aliphatic carbocycles. The summed E-state index contributed by atoms with van der Waals surface area (Å²) in [5.41, 5.74) is 0. The number of nitrogens with one attached hydrogen (secondary N) is 2. The SMILES string of the molecule is CCNC(=NCC(C)CSc1ccccc1OC)NCCOCC. The van der Waals surface area contributed by atoms with E-state index < -0.39 is 0 Å². The number of benzene rings is 1. The fourth-order valence-electron chi connectivity index (χ4n) is 2.00. The van der Waals surface area contributed by atoms with Crippen molar-refractivity contribution in [2.45, 2.75) is 25.7 Å². The maximum atomic E-state index is 5.39. The van der Waals surface area contributed by atoms with Crippen LogP contribution < -0.4 is 15.4 Å². The van der Waals surface area contributed by atoms with Gasteiger partial charge < -0.3 is 20.1 Å². The number of hydrogen-bond donors (Lipinski definition) is 2. The van der Waals surface area contributed by atoms with E-state index in [9.17, 15) is 0 Å². The molecule has 1 atom stereocenters. The van der Waals surface area contributed by atoms with Crippen molar-refractivity contribution < 1.29 is 9.47 Å². The topological polar surface area (TPSA) is 54.9 Å². The van der Waals surface area contributed by atoms with Gasteiger partial charge in [0, 0.05) is 36.9 Å². The summed E-state index contributed by atoms with van der Waals surface area (Å²) < 4.78 is 10.7. The summed E-state index contributed by atoms with van der Waals surface area (Å²) in [4.78, 5) is 5.84. The molecule has 0 fully saturated rings. The van der Waals surface area contributed by atoms with E-state index in [4.69, 9.17) is 9.47 Å². The number of aliphatic imine (C=N–C) groups is 1. The van der Waals surface area contributed by atoms with Gasteiger partial charge >= 0.3 is 0 Å². The first-order chi connectivity index (χ1) is 11.7. The number of guanidine groups is 1. The van der Waals surface area contributed by atoms with Gasteiger partial charge in [0.1, 0.15) is 5.75 Å². The molecule has 0 saturated carbocycles. The monoisotopic (exact) mass is 353 g/mol. The van der Waals surface area contributed by atoms with Crippen molar-refractivity contribution in [1.82, 2.24) is 10.6 Å². The summed E-state index contributed by atoms with van der Waals surface area (Å²) in [7, 11) is 1.71. The minimum absolute atomic E-state index is 0.474. The Kier molecular flexibility index (Phi) is 11.1. The van der Waals surface area contributed by atoms with Crippen molar-refractivity contribution in [3.63, 3.8) is 0 Å². The van der Waals surface area contributed by atoms with Gasteiger partial charge in [0.2, 0.25) is 0 Å². The van der Waals surface area contributed by atoms with Gasteiger partial charge in [0.25, 0.3) is 0 Å². The lowest BCUT2D eigenvalue weighted by Gasteiger charge is -2.14. The lowest BCUT2D eigenvalue weighted by molar-refractivity contribution is 0.152. The summed E-state index contributed by atoms with van der Waals surface area (Å²) in [5.74, 6) is 3.26. The lowest BCUT2D eigenvalue weighted by Crippen LogP contribution is -2.39. The molecule has 1 unspecified atom stereocenters. The summed E-state index contributed by atoms with van der Waals surface area (Å²) in [6, 6.07) is 8.13. The summed E-state index contributed by atoms with van der Waals surface area (Å²) in [6.07, 6.45) is 0. The Morgan fingerprint density at radius 2 is 2.04 bits per heavy atom. The number of ether oxygens (including phenoxy) is 2. The summed E-state index contributed by atoms with van der Waals surface area (Å²) in [6.45, 7) is 10.1. The van der Waals surface area contributed by atoms with E-state index in [-0.39, 0.29) is 0 Å². The van der Waals surface area contributed by atoms with Crippen molar-refractivity contribution in [2.75, 3.05) is 45.7 Å². The van der Waals surface area contributed by atoms with E-state index in [1.165, 1.54) is 4.90 Å². The molecule has 1 rings (SSSR count). The first kappa shape index (κ1) is 20.6. The van der Waals surface area contributed by atoms with Crippen molar-refractivity contribution in [2.24, 2.45) is 10.9 Å². The van der Waals surface area contributed by atoms with Gasteiger partial charge in [-0.1, -0.05) is 19.1 Å². The second-order valence-electron chi connectivity index (χ2n) is 5.41. The van der Waals surface area contributed by atoms with Crippen LogP contribution in [-0.2, 0) is 4.74 Å². The van der Waals surface area contributed by atoms with E-state index in [2.05, 4.69) is 35.5 Å². The van der Waals surface area contributed by atoms with E-state index in [0.29, 0.717) is 12.5 Å². The van der Waals surface area contributed by atoms with E-state index in [0.717, 1.165) is 43.7 Å². The maximum absolute atomic E-state index is 5.39. The molecular weight excluding hydrogens is 322 g/mol. The highest BCUT2D eigenvalue weighted by atomic mass is 32.2. The highest BCUT2D eigenvalue weighted by Crippen LogP contribution is 2.29. The van der Waals surface area contributed by atoms with Crippen LogP contribution in [0.2, 0.25) is 0 Å². The van der Waals surface area contributed by atoms with Gasteiger partial charge in [-0.25, -0.2) is 0 Å². The Bertz CT molecular complexity index is 483. The molecule has 6 heteroatoms. The van der Waals surface area contributed by atoms with Crippen LogP contribution in [0, 0.1) is 5.92 Å². The molecule has 0 aliphatic rings. The molecule has 0 bridgehead atoms. The number of para-hydroxylation sites is 1. The van der Waals surface area contributed by atoms with Gasteiger partial charge in [-0.2, -0.15) is 0 Å². The second kappa shape index (κ2) is 13.0. The van der Waals surface area contributed by atoms with Crippen LogP contribution in [0.25, 0.3) is 0 Å². The van der Waals surface area contributed by atoms with E-state index in [1.807, 2.05) is 36.9 Å². The van der Waals surface area contributed by atoms with Crippen LogP contribution in [0.1, 0.15) is 20.8 Å². The van der Waals surface area contributed by atoms with Gasteiger partial charge in [-0.15, -0.1) is 11.8 Å². The number of thioether (sulfide) groups is 1. The van der Waals surface area contributed by atoms with Crippen molar-refractivity contribution in [3.05, 3.63) is 24.3 Å². The minimum atomic E-state index is 0.474. The Balaban J connectivity index is 2.41. The van der Waals surface area contributed by atoms with Crippen LogP contribution in [0.5, 0.6) is 5.75 Å². The Labute approximate surface area is 150 Å². The van der Waals surface area contributed by atoms with Gasteiger partial charge in [-0.3, -0.25) is 4.99 Å². The third kappa shape index (κ3) is 8.45. The Morgan fingerprint density at radius 3 is 2.75 bits per heavy atom. The van der Waals surface area contributed by atoms with Crippen molar-refractivity contribution in [1.29, 1.82) is 0 Å². The average molecular weight is 354 g/mol. The largest absolute Gasteiger partial charge is 0.496 e. The molecule has 1 aromatic carbocycles. The third-order valence-corrected chi connectivity index (χ3v) is 4.62. The molecule has 0 amide bonds. The van der Waals surface area contributed by atoms with Gasteiger partial charge in [-0.05, 0) is 31.9 Å². The molecule has 0 aliphatic heterocycles. The van der Waals surface area contributed by atoms with Crippen LogP contribution in [-0.4, -0.2) is 51.7 Å². The second-order valence-corrected chi connectivity index (χ2v) is 6.47. The normalized spacial score (nSPS) is 12.8.